The molecule has 0 fully saturated rings. The van der Waals surface area contributed by atoms with Crippen molar-refractivity contribution in [3.63, 3.8) is 0 Å². The van der Waals surface area contributed by atoms with Crippen LogP contribution in [0.15, 0.2) is 18.2 Å². The number of hydrogen-bond acceptors (Lipinski definition) is 4. The van der Waals surface area contributed by atoms with Crippen molar-refractivity contribution in [2.24, 2.45) is 0 Å². The number of aromatic nitrogens is 1. The van der Waals surface area contributed by atoms with Gasteiger partial charge in [0.2, 0.25) is 0 Å². The van der Waals surface area contributed by atoms with Crippen molar-refractivity contribution in [3.05, 3.63) is 40.2 Å². The monoisotopic (exact) mass is 334 g/mol. The molecule has 1 N–H and O–H groups in total. The van der Waals surface area contributed by atoms with E-state index in [0.717, 1.165) is 31.4 Å². The van der Waals surface area contributed by atoms with Crippen LogP contribution in [0.3, 0.4) is 0 Å². The lowest BCUT2D eigenvalue weighted by molar-refractivity contribution is 0.102. The van der Waals surface area contributed by atoms with Gasteiger partial charge in [0.1, 0.15) is 11.6 Å². The smallest absolute Gasteiger partial charge is 0.260 e. The van der Waals surface area contributed by atoms with E-state index in [-0.39, 0.29) is 5.56 Å². The predicted octanol–water partition coefficient (Wildman–Crippen LogP) is 4.20. The molecule has 3 rings (SSSR count). The fraction of sp³-hybridized carbons (Fsp3) is 0.412. The zero-order chi connectivity index (χ0) is 16.2. The minimum absolute atomic E-state index is 0.00610. The number of anilines is 1. The third-order valence-corrected chi connectivity index (χ3v) is 5.06. The molecule has 0 spiro atoms. The summed E-state index contributed by atoms with van der Waals surface area (Å²) in [7, 11) is 1.46. The molecule has 1 aromatic heterocycles. The quantitative estimate of drug-likeness (QED) is 0.915. The molecule has 1 aromatic carbocycles. The Bertz CT molecular complexity index is 689. The molecule has 0 saturated heterocycles. The van der Waals surface area contributed by atoms with Gasteiger partial charge in [-0.15, -0.1) is 11.3 Å². The number of carbonyl (C=O) groups excluding carboxylic acids is 1. The predicted molar refractivity (Wildman–Crippen MR) is 88.9 cm³/mol. The van der Waals surface area contributed by atoms with E-state index < -0.39 is 11.7 Å². The minimum Gasteiger partial charge on any atom is -0.497 e. The van der Waals surface area contributed by atoms with E-state index in [0.29, 0.717) is 10.9 Å². The van der Waals surface area contributed by atoms with Crippen LogP contribution in [-0.2, 0) is 12.8 Å². The first-order chi connectivity index (χ1) is 11.2. The second kappa shape index (κ2) is 7.08. The van der Waals surface area contributed by atoms with Gasteiger partial charge < -0.3 is 4.74 Å². The maximum atomic E-state index is 14.0. The number of methoxy groups -OCH3 is 1. The van der Waals surface area contributed by atoms with Gasteiger partial charge in [-0.2, -0.15) is 0 Å². The minimum atomic E-state index is -0.600. The molecule has 1 heterocycles. The van der Waals surface area contributed by atoms with Crippen molar-refractivity contribution in [1.82, 2.24) is 4.98 Å². The number of ether oxygens (including phenoxy) is 1. The van der Waals surface area contributed by atoms with E-state index in [2.05, 4.69) is 10.3 Å². The van der Waals surface area contributed by atoms with Crippen molar-refractivity contribution < 1.29 is 13.9 Å². The second-order valence-corrected chi connectivity index (χ2v) is 6.69. The summed E-state index contributed by atoms with van der Waals surface area (Å²) in [6, 6.07) is 4.20. The van der Waals surface area contributed by atoms with E-state index in [4.69, 9.17) is 4.74 Å². The highest BCUT2D eigenvalue weighted by molar-refractivity contribution is 7.15. The molecule has 0 aliphatic heterocycles. The topological polar surface area (TPSA) is 51.2 Å². The average molecular weight is 334 g/mol. The molecule has 1 amide bonds. The van der Waals surface area contributed by atoms with Crippen LogP contribution in [0.4, 0.5) is 9.52 Å². The van der Waals surface area contributed by atoms with Gasteiger partial charge in [-0.1, -0.05) is 12.8 Å². The van der Waals surface area contributed by atoms with E-state index in [9.17, 15) is 9.18 Å². The van der Waals surface area contributed by atoms with Crippen LogP contribution in [0, 0.1) is 5.82 Å². The lowest BCUT2D eigenvalue weighted by Gasteiger charge is -2.06. The lowest BCUT2D eigenvalue weighted by atomic mass is 10.0. The third-order valence-electron chi connectivity index (χ3n) is 3.99. The molecule has 0 unspecified atom stereocenters. The molecular formula is C17H19FN2O2S. The van der Waals surface area contributed by atoms with E-state index in [1.807, 2.05) is 0 Å². The summed E-state index contributed by atoms with van der Waals surface area (Å²) in [5.41, 5.74) is 1.08. The summed E-state index contributed by atoms with van der Waals surface area (Å²) in [5, 5.41) is 3.28. The first kappa shape index (κ1) is 15.9. The zero-order valence-electron chi connectivity index (χ0n) is 13.0. The third kappa shape index (κ3) is 3.69. The van der Waals surface area contributed by atoms with E-state index in [1.165, 1.54) is 48.3 Å². The van der Waals surface area contributed by atoms with Crippen molar-refractivity contribution >= 4 is 22.4 Å². The van der Waals surface area contributed by atoms with Crippen LogP contribution >= 0.6 is 11.3 Å². The summed E-state index contributed by atoms with van der Waals surface area (Å²) in [6.07, 6.45) is 6.75. The van der Waals surface area contributed by atoms with Crippen molar-refractivity contribution in [2.75, 3.05) is 12.4 Å². The highest BCUT2D eigenvalue weighted by atomic mass is 32.1. The number of nitrogens with one attached hydrogen (secondary N) is 1. The Morgan fingerprint density at radius 3 is 2.78 bits per heavy atom. The van der Waals surface area contributed by atoms with Crippen LogP contribution in [0.5, 0.6) is 5.75 Å². The van der Waals surface area contributed by atoms with Crippen LogP contribution < -0.4 is 10.1 Å². The molecule has 0 radical (unpaired) electrons. The van der Waals surface area contributed by atoms with Gasteiger partial charge in [-0.25, -0.2) is 9.37 Å². The average Bonchev–Trinajstić information content (AvgIpc) is 2.88. The van der Waals surface area contributed by atoms with Crippen LogP contribution in [0.25, 0.3) is 0 Å². The van der Waals surface area contributed by atoms with Crippen LogP contribution in [0.1, 0.15) is 46.6 Å². The first-order valence-corrected chi connectivity index (χ1v) is 8.62. The number of halogens is 1. The Morgan fingerprint density at radius 1 is 1.26 bits per heavy atom. The first-order valence-electron chi connectivity index (χ1n) is 7.81. The fourth-order valence-electron chi connectivity index (χ4n) is 2.73. The summed E-state index contributed by atoms with van der Waals surface area (Å²) in [5.74, 6) is -0.695. The number of fused-ring (bicyclic) bond motifs is 1. The van der Waals surface area contributed by atoms with Crippen LogP contribution in [-0.4, -0.2) is 18.0 Å². The normalized spacial score (nSPS) is 14.5. The van der Waals surface area contributed by atoms with Crippen molar-refractivity contribution in [3.8, 4) is 5.75 Å². The summed E-state index contributed by atoms with van der Waals surface area (Å²) in [4.78, 5) is 18.0. The van der Waals surface area contributed by atoms with Gasteiger partial charge in [0.25, 0.3) is 5.91 Å². The van der Waals surface area contributed by atoms with Gasteiger partial charge in [0.05, 0.1) is 18.4 Å². The van der Waals surface area contributed by atoms with Gasteiger partial charge in [0, 0.05) is 10.9 Å². The largest absolute Gasteiger partial charge is 0.497 e. The molecule has 4 nitrogen and oxygen atoms in total. The van der Waals surface area contributed by atoms with E-state index >= 15 is 0 Å². The Kier molecular flexibility index (Phi) is 4.91. The molecule has 0 atom stereocenters. The maximum absolute atomic E-state index is 14.0. The van der Waals surface area contributed by atoms with Crippen LogP contribution in [0.2, 0.25) is 0 Å². The van der Waals surface area contributed by atoms with Gasteiger partial charge in [-0.3, -0.25) is 10.1 Å². The van der Waals surface area contributed by atoms with Gasteiger partial charge in [0.15, 0.2) is 5.13 Å². The molecule has 0 saturated carbocycles. The fourth-order valence-corrected chi connectivity index (χ4v) is 3.78. The zero-order valence-corrected chi connectivity index (χ0v) is 13.8. The summed E-state index contributed by atoms with van der Waals surface area (Å²) < 4.78 is 18.9. The number of hydrogen-bond donors (Lipinski definition) is 1. The highest BCUT2D eigenvalue weighted by Gasteiger charge is 2.17. The number of amides is 1. The van der Waals surface area contributed by atoms with E-state index in [1.54, 1.807) is 6.07 Å². The van der Waals surface area contributed by atoms with Crippen molar-refractivity contribution in [1.29, 1.82) is 0 Å². The standard InChI is InChI=1S/C17H19FN2O2S/c1-22-11-8-9-12(13(18)10-11)16(21)20-17-19-14-6-4-2-3-5-7-15(14)23-17/h8-10H,2-7H2,1H3,(H,19,20,21). The molecule has 23 heavy (non-hydrogen) atoms. The number of thiazole rings is 1. The number of nitrogens with zero attached hydrogens (tertiary/aromatic N) is 1. The Labute approximate surface area is 138 Å². The number of rotatable bonds is 3. The maximum Gasteiger partial charge on any atom is 0.260 e. The number of aryl methyl sites for hydroxylation is 2. The van der Waals surface area contributed by atoms with Gasteiger partial charge in [-0.05, 0) is 37.8 Å². The molecule has 1 aliphatic carbocycles. The molecular weight excluding hydrogens is 315 g/mol. The molecule has 2 aromatic rings. The Morgan fingerprint density at radius 2 is 2.04 bits per heavy atom. The molecule has 122 valence electrons. The summed E-state index contributed by atoms with van der Waals surface area (Å²) in [6.45, 7) is 0. The van der Waals surface area contributed by atoms with Crippen molar-refractivity contribution in [2.45, 2.75) is 38.5 Å². The lowest BCUT2D eigenvalue weighted by Crippen LogP contribution is -2.13. The summed E-state index contributed by atoms with van der Waals surface area (Å²) >= 11 is 1.50. The van der Waals surface area contributed by atoms with Gasteiger partial charge >= 0.3 is 0 Å². The molecule has 0 bridgehead atoms. The number of benzene rings is 1. The highest BCUT2D eigenvalue weighted by Crippen LogP contribution is 2.29. The Balaban J connectivity index is 1.76. The Hall–Kier alpha value is -1.95. The SMILES string of the molecule is COc1ccc(C(=O)Nc2nc3c(s2)CCCCCC3)c(F)c1. The number of carbonyl (C=O) groups is 1. The second-order valence-electron chi connectivity index (χ2n) is 5.60. The molecule has 1 aliphatic rings. The molecule has 6 heteroatoms.